The molecule has 82 valence electrons. The van der Waals surface area contributed by atoms with E-state index in [1.807, 2.05) is 0 Å². The quantitative estimate of drug-likeness (QED) is 0.839. The zero-order valence-electron chi connectivity index (χ0n) is 8.40. The second-order valence-electron chi connectivity index (χ2n) is 3.16. The van der Waals surface area contributed by atoms with Crippen LogP contribution in [0.2, 0.25) is 0 Å². The van der Waals surface area contributed by atoms with Gasteiger partial charge in [0.1, 0.15) is 11.5 Å². The van der Waals surface area contributed by atoms with E-state index in [-0.39, 0.29) is 11.4 Å². The Balaban J connectivity index is 2.18. The summed E-state index contributed by atoms with van der Waals surface area (Å²) in [5.41, 5.74) is 0.673. The minimum Gasteiger partial charge on any atom is -0.302 e. The average Bonchev–Trinajstić information content (AvgIpc) is 2.64. The number of rotatable bonds is 2. The first-order chi connectivity index (χ1) is 7.66. The van der Waals surface area contributed by atoms with Crippen molar-refractivity contribution in [2.45, 2.75) is 6.92 Å². The molecule has 1 heterocycles. The van der Waals surface area contributed by atoms with Gasteiger partial charge in [-0.15, -0.1) is 0 Å². The summed E-state index contributed by atoms with van der Waals surface area (Å²) in [6.45, 7) is 1.64. The number of anilines is 1. The van der Waals surface area contributed by atoms with Gasteiger partial charge in [-0.2, -0.15) is 0 Å². The van der Waals surface area contributed by atoms with Gasteiger partial charge in [0.25, 0.3) is 5.91 Å². The second kappa shape index (κ2) is 4.09. The summed E-state index contributed by atoms with van der Waals surface area (Å²) in [5.74, 6) is -0.699. The van der Waals surface area contributed by atoms with E-state index in [4.69, 9.17) is 0 Å². The van der Waals surface area contributed by atoms with Gasteiger partial charge in [-0.25, -0.2) is 9.02 Å². The van der Waals surface area contributed by atoms with Crippen molar-refractivity contribution >= 4 is 11.7 Å². The average molecular weight is 221 g/mol. The van der Waals surface area contributed by atoms with E-state index in [1.165, 1.54) is 18.2 Å². The smallest absolute Gasteiger partial charge is 0.257 e. The molecule has 0 bridgehead atoms. The van der Waals surface area contributed by atoms with Gasteiger partial charge in [-0.1, -0.05) is 11.2 Å². The Bertz CT molecular complexity index is 524. The summed E-state index contributed by atoms with van der Waals surface area (Å²) < 4.78 is 17.3. The molecule has 2 aromatic rings. The van der Waals surface area contributed by atoms with E-state index in [2.05, 4.69) is 20.3 Å². The molecule has 1 N–H and O–H groups in total. The van der Waals surface area contributed by atoms with Gasteiger partial charge in [0, 0.05) is 5.56 Å². The molecule has 0 spiro atoms. The summed E-state index contributed by atoms with van der Waals surface area (Å²) in [6, 6.07) is 5.36. The molecule has 2 rings (SSSR count). The number of hydrogen-bond acceptors (Lipinski definition) is 4. The summed E-state index contributed by atoms with van der Waals surface area (Å²) in [5, 5.41) is 9.46. The lowest BCUT2D eigenvalue weighted by Crippen LogP contribution is -2.13. The molecule has 0 fully saturated rings. The number of carbonyl (C=O) groups excluding carboxylic acids is 1. The molecule has 16 heavy (non-hydrogen) atoms. The number of benzene rings is 1. The van der Waals surface area contributed by atoms with Crippen molar-refractivity contribution in [1.29, 1.82) is 0 Å². The van der Waals surface area contributed by atoms with Crippen molar-refractivity contribution in [1.82, 2.24) is 10.3 Å². The van der Waals surface area contributed by atoms with E-state index >= 15 is 0 Å². The maximum atomic E-state index is 12.9. The fraction of sp³-hybridized carbons (Fsp3) is 0.100. The van der Waals surface area contributed by atoms with Crippen molar-refractivity contribution in [3.05, 3.63) is 41.3 Å². The molecule has 0 aliphatic rings. The van der Waals surface area contributed by atoms with Crippen LogP contribution in [0.25, 0.3) is 0 Å². The molecule has 0 saturated heterocycles. The van der Waals surface area contributed by atoms with Crippen LogP contribution in [-0.2, 0) is 0 Å². The number of nitrogens with one attached hydrogen (secondary N) is 1. The minimum atomic E-state index is -0.470. The standard InChI is InChI=1S/C10H8FN3O2/c1-6-9(14-16-13-6)12-10(15)7-3-2-4-8(11)5-7/h2-5H,1H3,(H,12,14,15). The highest BCUT2D eigenvalue weighted by atomic mass is 19.1. The van der Waals surface area contributed by atoms with Gasteiger partial charge in [-0.05, 0) is 30.3 Å². The van der Waals surface area contributed by atoms with Gasteiger partial charge in [0.15, 0.2) is 0 Å². The van der Waals surface area contributed by atoms with Gasteiger partial charge >= 0.3 is 0 Å². The Morgan fingerprint density at radius 2 is 2.25 bits per heavy atom. The van der Waals surface area contributed by atoms with Crippen molar-refractivity contribution in [3.8, 4) is 0 Å². The van der Waals surface area contributed by atoms with Crippen LogP contribution in [0.4, 0.5) is 10.2 Å². The number of aromatic nitrogens is 2. The van der Waals surface area contributed by atoms with Gasteiger partial charge in [0.2, 0.25) is 5.82 Å². The molecular weight excluding hydrogens is 213 g/mol. The zero-order chi connectivity index (χ0) is 11.5. The number of carbonyl (C=O) groups is 1. The highest BCUT2D eigenvalue weighted by Gasteiger charge is 2.11. The summed E-state index contributed by atoms with van der Waals surface area (Å²) in [7, 11) is 0. The van der Waals surface area contributed by atoms with E-state index in [0.29, 0.717) is 5.69 Å². The molecule has 5 nitrogen and oxygen atoms in total. The topological polar surface area (TPSA) is 68.0 Å². The molecular formula is C10H8FN3O2. The van der Waals surface area contributed by atoms with Crippen LogP contribution in [0.1, 0.15) is 16.1 Å². The number of aryl methyl sites for hydroxylation is 1. The SMILES string of the molecule is Cc1nonc1NC(=O)c1cccc(F)c1. The molecule has 1 aromatic heterocycles. The minimum absolute atomic E-state index is 0.211. The van der Waals surface area contributed by atoms with Crippen LogP contribution in [0, 0.1) is 12.7 Å². The maximum Gasteiger partial charge on any atom is 0.257 e. The zero-order valence-corrected chi connectivity index (χ0v) is 8.40. The third-order valence-electron chi connectivity index (χ3n) is 1.97. The van der Waals surface area contributed by atoms with Crippen molar-refractivity contribution in [3.63, 3.8) is 0 Å². The van der Waals surface area contributed by atoms with Crippen LogP contribution in [0.15, 0.2) is 28.9 Å². The first-order valence-corrected chi connectivity index (χ1v) is 4.53. The Labute approximate surface area is 90.2 Å². The third kappa shape index (κ3) is 2.05. The highest BCUT2D eigenvalue weighted by Crippen LogP contribution is 2.10. The van der Waals surface area contributed by atoms with Crippen molar-refractivity contribution < 1.29 is 13.8 Å². The Hall–Kier alpha value is -2.24. The maximum absolute atomic E-state index is 12.9. The number of halogens is 1. The van der Waals surface area contributed by atoms with E-state index in [0.717, 1.165) is 6.07 Å². The first kappa shape index (κ1) is 10.3. The molecule has 0 atom stereocenters. The van der Waals surface area contributed by atoms with E-state index < -0.39 is 11.7 Å². The lowest BCUT2D eigenvalue weighted by atomic mass is 10.2. The second-order valence-corrected chi connectivity index (χ2v) is 3.16. The lowest BCUT2D eigenvalue weighted by Gasteiger charge is -2.01. The van der Waals surface area contributed by atoms with Crippen LogP contribution in [0.3, 0.4) is 0 Å². The predicted octanol–water partition coefficient (Wildman–Crippen LogP) is 1.77. The third-order valence-corrected chi connectivity index (χ3v) is 1.97. The summed E-state index contributed by atoms with van der Waals surface area (Å²) in [4.78, 5) is 11.6. The fourth-order valence-electron chi connectivity index (χ4n) is 1.15. The monoisotopic (exact) mass is 221 g/mol. The van der Waals surface area contributed by atoms with Gasteiger partial charge in [0.05, 0.1) is 0 Å². The number of hydrogen-bond donors (Lipinski definition) is 1. The normalized spacial score (nSPS) is 10.1. The Kier molecular flexibility index (Phi) is 2.63. The van der Waals surface area contributed by atoms with Crippen LogP contribution < -0.4 is 5.32 Å². The van der Waals surface area contributed by atoms with Crippen LogP contribution in [0.5, 0.6) is 0 Å². The number of amides is 1. The molecule has 1 aromatic carbocycles. The summed E-state index contributed by atoms with van der Waals surface area (Å²) in [6.07, 6.45) is 0. The Morgan fingerprint density at radius 1 is 1.44 bits per heavy atom. The van der Waals surface area contributed by atoms with Gasteiger partial charge in [-0.3, -0.25) is 4.79 Å². The molecule has 0 saturated carbocycles. The molecule has 1 amide bonds. The molecule has 0 radical (unpaired) electrons. The van der Waals surface area contributed by atoms with Crippen molar-refractivity contribution in [2.24, 2.45) is 0 Å². The first-order valence-electron chi connectivity index (χ1n) is 4.53. The van der Waals surface area contributed by atoms with Crippen molar-refractivity contribution in [2.75, 3.05) is 5.32 Å². The highest BCUT2D eigenvalue weighted by molar-refractivity contribution is 6.03. The fourth-order valence-corrected chi connectivity index (χ4v) is 1.15. The van der Waals surface area contributed by atoms with Gasteiger partial charge < -0.3 is 5.32 Å². The molecule has 0 aliphatic heterocycles. The number of nitrogens with zero attached hydrogens (tertiary/aromatic N) is 2. The van der Waals surface area contributed by atoms with E-state index in [9.17, 15) is 9.18 Å². The lowest BCUT2D eigenvalue weighted by molar-refractivity contribution is 0.102. The Morgan fingerprint density at radius 3 is 2.88 bits per heavy atom. The summed E-state index contributed by atoms with van der Waals surface area (Å²) >= 11 is 0. The molecule has 0 aliphatic carbocycles. The molecule has 6 heteroatoms. The van der Waals surface area contributed by atoms with E-state index in [1.54, 1.807) is 6.92 Å². The largest absolute Gasteiger partial charge is 0.302 e. The predicted molar refractivity (Wildman–Crippen MR) is 53.4 cm³/mol. The van der Waals surface area contributed by atoms with Crippen LogP contribution >= 0.6 is 0 Å². The molecule has 0 unspecified atom stereocenters. The van der Waals surface area contributed by atoms with Crippen LogP contribution in [-0.4, -0.2) is 16.2 Å².